The molecule has 0 saturated carbocycles. The molecule has 0 spiro atoms. The maximum absolute atomic E-state index is 4.11. The van der Waals surface area contributed by atoms with Crippen molar-refractivity contribution in [1.82, 2.24) is 15.0 Å². The number of hydrogen-bond acceptors (Lipinski definition) is 3. The van der Waals surface area contributed by atoms with Gasteiger partial charge in [0.1, 0.15) is 0 Å². The van der Waals surface area contributed by atoms with Crippen LogP contribution in [0.5, 0.6) is 0 Å². The third-order valence-electron chi connectivity index (χ3n) is 1.44. The fourth-order valence-electron chi connectivity index (χ4n) is 0.902. The maximum atomic E-state index is 4.11. The first-order valence-electron chi connectivity index (χ1n) is 4.39. The number of aryl methyl sites for hydroxylation is 2. The molecule has 3 nitrogen and oxygen atoms in total. The van der Waals surface area contributed by atoms with Gasteiger partial charge in [-0.15, -0.1) is 0 Å². The summed E-state index contributed by atoms with van der Waals surface area (Å²) in [6.45, 7) is 3.86. The van der Waals surface area contributed by atoms with Gasteiger partial charge in [-0.2, -0.15) is 0 Å². The molecule has 3 heteroatoms. The van der Waals surface area contributed by atoms with Crippen molar-refractivity contribution >= 4 is 0 Å². The van der Waals surface area contributed by atoms with Crippen molar-refractivity contribution in [3.63, 3.8) is 0 Å². The van der Waals surface area contributed by atoms with Crippen LogP contribution in [0.25, 0.3) is 0 Å². The Labute approximate surface area is 83.9 Å². The highest BCUT2D eigenvalue weighted by Gasteiger charge is 1.83. The van der Waals surface area contributed by atoms with E-state index in [1.807, 2.05) is 32.0 Å². The van der Waals surface area contributed by atoms with E-state index in [0.717, 1.165) is 11.4 Å². The minimum absolute atomic E-state index is 0.977. The first-order chi connectivity index (χ1) is 6.79. The lowest BCUT2D eigenvalue weighted by atomic mass is 10.4. The second kappa shape index (κ2) is 5.80. The van der Waals surface area contributed by atoms with Gasteiger partial charge in [-0.1, -0.05) is 6.07 Å². The molecule has 0 radical (unpaired) electrons. The molecular weight excluding hydrogens is 174 g/mol. The van der Waals surface area contributed by atoms with Crippen molar-refractivity contribution in [1.29, 1.82) is 0 Å². The molecule has 14 heavy (non-hydrogen) atoms. The molecule has 0 aliphatic heterocycles. The molecule has 2 aromatic rings. The summed E-state index contributed by atoms with van der Waals surface area (Å²) >= 11 is 0. The van der Waals surface area contributed by atoms with E-state index in [-0.39, 0.29) is 0 Å². The number of rotatable bonds is 0. The molecule has 0 N–H and O–H groups in total. The molecule has 0 aliphatic carbocycles. The Morgan fingerprint density at radius 2 is 1.36 bits per heavy atom. The summed E-state index contributed by atoms with van der Waals surface area (Å²) < 4.78 is 0. The van der Waals surface area contributed by atoms with Crippen molar-refractivity contribution in [2.24, 2.45) is 0 Å². The molecular formula is C11H13N3. The van der Waals surface area contributed by atoms with E-state index in [1.165, 1.54) is 0 Å². The van der Waals surface area contributed by atoms with E-state index in [4.69, 9.17) is 0 Å². The van der Waals surface area contributed by atoms with Crippen LogP contribution in [-0.2, 0) is 0 Å². The minimum atomic E-state index is 0.977. The van der Waals surface area contributed by atoms with Crippen LogP contribution in [-0.4, -0.2) is 15.0 Å². The monoisotopic (exact) mass is 187 g/mol. The lowest BCUT2D eigenvalue weighted by molar-refractivity contribution is 1.05. The highest BCUT2D eigenvalue weighted by molar-refractivity contribution is 4.98. The second-order valence-electron chi connectivity index (χ2n) is 2.83. The molecule has 0 aliphatic rings. The summed E-state index contributed by atoms with van der Waals surface area (Å²) in [5.41, 5.74) is 1.95. The zero-order valence-electron chi connectivity index (χ0n) is 8.38. The van der Waals surface area contributed by atoms with E-state index >= 15 is 0 Å². The Balaban J connectivity index is 0.000000146. The standard InChI is InChI=1S/C6H8N2.C5H5N/c1-5-3-7-4-6(2)8-5;1-2-4-6-5-3-1/h3-4H,1-2H3;1-5H. The van der Waals surface area contributed by atoms with Gasteiger partial charge in [0.2, 0.25) is 0 Å². The fourth-order valence-corrected chi connectivity index (χ4v) is 0.902. The molecule has 0 aromatic carbocycles. The topological polar surface area (TPSA) is 38.7 Å². The van der Waals surface area contributed by atoms with Crippen molar-refractivity contribution in [3.05, 3.63) is 54.4 Å². The fraction of sp³-hybridized carbons (Fsp3) is 0.182. The van der Waals surface area contributed by atoms with E-state index in [0.29, 0.717) is 0 Å². The first kappa shape index (κ1) is 10.3. The van der Waals surface area contributed by atoms with Crippen molar-refractivity contribution in [3.8, 4) is 0 Å². The molecule has 0 fully saturated rings. The molecule has 2 rings (SSSR count). The summed E-state index contributed by atoms with van der Waals surface area (Å²) in [6, 6.07) is 5.72. The van der Waals surface area contributed by atoms with E-state index in [9.17, 15) is 0 Å². The van der Waals surface area contributed by atoms with Gasteiger partial charge in [-0.3, -0.25) is 15.0 Å². The average molecular weight is 187 g/mol. The van der Waals surface area contributed by atoms with Gasteiger partial charge in [0, 0.05) is 24.8 Å². The highest BCUT2D eigenvalue weighted by Crippen LogP contribution is 1.89. The molecule has 0 amide bonds. The van der Waals surface area contributed by atoms with Gasteiger partial charge >= 0.3 is 0 Å². The lowest BCUT2D eigenvalue weighted by Crippen LogP contribution is -1.85. The van der Waals surface area contributed by atoms with Crippen LogP contribution in [0.15, 0.2) is 43.0 Å². The largest absolute Gasteiger partial charge is 0.265 e. The van der Waals surface area contributed by atoms with Crippen molar-refractivity contribution in [2.75, 3.05) is 0 Å². The molecule has 2 aromatic heterocycles. The van der Waals surface area contributed by atoms with Crippen molar-refractivity contribution < 1.29 is 0 Å². The first-order valence-corrected chi connectivity index (χ1v) is 4.39. The summed E-state index contributed by atoms with van der Waals surface area (Å²) in [4.78, 5) is 11.8. The SMILES string of the molecule is Cc1cncc(C)n1.c1ccncc1. The van der Waals surface area contributed by atoms with Crippen LogP contribution in [0.2, 0.25) is 0 Å². The van der Waals surface area contributed by atoms with Gasteiger partial charge in [-0.25, -0.2) is 0 Å². The smallest absolute Gasteiger partial charge is 0.0558 e. The summed E-state index contributed by atoms with van der Waals surface area (Å²) in [5, 5.41) is 0. The summed E-state index contributed by atoms with van der Waals surface area (Å²) in [6.07, 6.45) is 6.99. The van der Waals surface area contributed by atoms with Crippen LogP contribution < -0.4 is 0 Å². The van der Waals surface area contributed by atoms with Crippen LogP contribution in [0, 0.1) is 13.8 Å². The van der Waals surface area contributed by atoms with Gasteiger partial charge in [0.05, 0.1) is 11.4 Å². The van der Waals surface area contributed by atoms with E-state index in [2.05, 4.69) is 15.0 Å². The van der Waals surface area contributed by atoms with Gasteiger partial charge in [0.15, 0.2) is 0 Å². The molecule has 0 atom stereocenters. The predicted molar refractivity (Wildman–Crippen MR) is 55.7 cm³/mol. The van der Waals surface area contributed by atoms with Crippen LogP contribution in [0.3, 0.4) is 0 Å². The number of aromatic nitrogens is 3. The molecule has 0 bridgehead atoms. The number of nitrogens with zero attached hydrogens (tertiary/aromatic N) is 3. The van der Waals surface area contributed by atoms with Crippen LogP contribution >= 0.6 is 0 Å². The summed E-state index contributed by atoms with van der Waals surface area (Å²) in [5.74, 6) is 0. The zero-order valence-corrected chi connectivity index (χ0v) is 8.38. The van der Waals surface area contributed by atoms with Crippen molar-refractivity contribution in [2.45, 2.75) is 13.8 Å². The van der Waals surface area contributed by atoms with Gasteiger partial charge in [0.25, 0.3) is 0 Å². The van der Waals surface area contributed by atoms with Crippen LogP contribution in [0.1, 0.15) is 11.4 Å². The predicted octanol–water partition coefficient (Wildman–Crippen LogP) is 2.18. The van der Waals surface area contributed by atoms with Gasteiger partial charge < -0.3 is 0 Å². The average Bonchev–Trinajstić information content (AvgIpc) is 2.21. The molecule has 72 valence electrons. The zero-order chi connectivity index (χ0) is 10.2. The lowest BCUT2D eigenvalue weighted by Gasteiger charge is -1.89. The molecule has 2 heterocycles. The Morgan fingerprint density at radius 1 is 0.786 bits per heavy atom. The molecule has 0 unspecified atom stereocenters. The highest BCUT2D eigenvalue weighted by atomic mass is 14.8. The summed E-state index contributed by atoms with van der Waals surface area (Å²) in [7, 11) is 0. The van der Waals surface area contributed by atoms with E-state index in [1.54, 1.807) is 24.8 Å². The second-order valence-corrected chi connectivity index (χ2v) is 2.83. The quantitative estimate of drug-likeness (QED) is 0.634. The minimum Gasteiger partial charge on any atom is -0.265 e. The third kappa shape index (κ3) is 4.30. The normalized spacial score (nSPS) is 8.71. The number of hydrogen-bond donors (Lipinski definition) is 0. The Bertz CT molecular complexity index is 316. The Morgan fingerprint density at radius 3 is 1.57 bits per heavy atom. The Kier molecular flexibility index (Phi) is 4.27. The Hall–Kier alpha value is -1.77. The number of pyridine rings is 1. The van der Waals surface area contributed by atoms with Gasteiger partial charge in [-0.05, 0) is 26.0 Å². The van der Waals surface area contributed by atoms with Crippen LogP contribution in [0.4, 0.5) is 0 Å². The third-order valence-corrected chi connectivity index (χ3v) is 1.44. The van der Waals surface area contributed by atoms with E-state index < -0.39 is 0 Å². The maximum Gasteiger partial charge on any atom is 0.0558 e. The molecule has 0 saturated heterocycles.